The molecule has 0 saturated heterocycles. The number of aryl methyl sites for hydroxylation is 1. The Bertz CT molecular complexity index is 924. The molecule has 1 aromatic heterocycles. The van der Waals surface area contributed by atoms with Crippen molar-refractivity contribution in [2.24, 2.45) is 0 Å². The molecule has 2 nitrogen and oxygen atoms in total. The zero-order chi connectivity index (χ0) is 21.6. The smallest absolute Gasteiger partial charge is 0.123 e. The van der Waals surface area contributed by atoms with Crippen LogP contribution in [0.4, 0.5) is 0 Å². The molecule has 1 unspecified atom stereocenters. The van der Waals surface area contributed by atoms with E-state index in [9.17, 15) is 0 Å². The maximum absolute atomic E-state index is 6.22. The highest BCUT2D eigenvalue weighted by molar-refractivity contribution is 7.58. The topological polar surface area (TPSA) is 22.4 Å². The molecular weight excluding hydrogens is 403 g/mol. The van der Waals surface area contributed by atoms with Crippen molar-refractivity contribution in [1.82, 2.24) is 0 Å². The molecule has 0 bridgehead atoms. The van der Waals surface area contributed by atoms with E-state index in [4.69, 9.17) is 9.15 Å². The number of furan rings is 1. The Morgan fingerprint density at radius 2 is 1.70 bits per heavy atom. The van der Waals surface area contributed by atoms with Crippen LogP contribution in [0.15, 0.2) is 59.2 Å². The number of fused-ring (bicyclic) bond motifs is 1. The zero-order valence-electron chi connectivity index (χ0n) is 19.3. The lowest BCUT2D eigenvalue weighted by Crippen LogP contribution is -2.36. The van der Waals surface area contributed by atoms with Crippen LogP contribution >= 0.6 is 7.92 Å². The zero-order valence-corrected chi connectivity index (χ0v) is 21.2. The van der Waals surface area contributed by atoms with Gasteiger partial charge >= 0.3 is 0 Å². The highest BCUT2D eigenvalue weighted by atomic mass is 31.1. The molecule has 2 aromatic carbocycles. The third kappa shape index (κ3) is 6.06. The molecular formula is C26H37O2PSi. The van der Waals surface area contributed by atoms with Gasteiger partial charge < -0.3 is 9.15 Å². The van der Waals surface area contributed by atoms with Crippen LogP contribution in [0.1, 0.15) is 37.1 Å². The third-order valence-corrected chi connectivity index (χ3v) is 10.5. The minimum Gasteiger partial charge on any atom is -0.474 e. The molecule has 30 heavy (non-hydrogen) atoms. The van der Waals surface area contributed by atoms with Crippen LogP contribution in [-0.4, -0.2) is 33.6 Å². The number of ether oxygens (including phenoxy) is 1. The van der Waals surface area contributed by atoms with E-state index >= 15 is 0 Å². The second kappa shape index (κ2) is 10.8. The van der Waals surface area contributed by atoms with E-state index in [1.54, 1.807) is 0 Å². The Morgan fingerprint density at radius 1 is 0.967 bits per heavy atom. The van der Waals surface area contributed by atoms with Crippen molar-refractivity contribution < 1.29 is 9.15 Å². The van der Waals surface area contributed by atoms with Crippen LogP contribution in [0.5, 0.6) is 0 Å². The lowest BCUT2D eigenvalue weighted by molar-refractivity contribution is 0.132. The van der Waals surface area contributed by atoms with Crippen molar-refractivity contribution in [3.05, 3.63) is 65.9 Å². The average Bonchev–Trinajstić information content (AvgIpc) is 3.23. The molecule has 0 saturated carbocycles. The van der Waals surface area contributed by atoms with Gasteiger partial charge in [-0.1, -0.05) is 83.9 Å². The highest BCUT2D eigenvalue weighted by Gasteiger charge is 2.26. The summed E-state index contributed by atoms with van der Waals surface area (Å²) in [6, 6.07) is 17.7. The van der Waals surface area contributed by atoms with Crippen LogP contribution in [0.2, 0.25) is 19.6 Å². The van der Waals surface area contributed by atoms with E-state index in [1.165, 1.54) is 39.6 Å². The fraction of sp³-hybridized carbons (Fsp3) is 0.462. The molecule has 0 amide bonds. The quantitative estimate of drug-likeness (QED) is 0.179. The fourth-order valence-electron chi connectivity index (χ4n) is 3.96. The maximum Gasteiger partial charge on any atom is 0.123 e. The van der Waals surface area contributed by atoms with Crippen LogP contribution < -0.4 is 5.38 Å². The highest BCUT2D eigenvalue weighted by Crippen LogP contribution is 2.50. The Morgan fingerprint density at radius 3 is 2.37 bits per heavy atom. The first-order valence-corrected chi connectivity index (χ1v) is 16.6. The summed E-state index contributed by atoms with van der Waals surface area (Å²) < 4.78 is 12.2. The monoisotopic (exact) mass is 440 g/mol. The SMILES string of the molecule is CCP(CC)C(COCCCc1ccc2ccccc2c1)c1coc([Si](C)(C)C)c1. The van der Waals surface area contributed by atoms with E-state index in [0.717, 1.165) is 26.1 Å². The largest absolute Gasteiger partial charge is 0.474 e. The van der Waals surface area contributed by atoms with E-state index in [2.05, 4.69) is 82.0 Å². The van der Waals surface area contributed by atoms with Crippen molar-refractivity contribution in [3.63, 3.8) is 0 Å². The van der Waals surface area contributed by atoms with Crippen LogP contribution in [-0.2, 0) is 11.2 Å². The summed E-state index contributed by atoms with van der Waals surface area (Å²) >= 11 is 0. The molecule has 0 aliphatic heterocycles. The van der Waals surface area contributed by atoms with Crippen molar-refractivity contribution in [3.8, 4) is 0 Å². The van der Waals surface area contributed by atoms with Gasteiger partial charge in [-0.2, -0.15) is 0 Å². The predicted octanol–water partition coefficient (Wildman–Crippen LogP) is 7.19. The summed E-state index contributed by atoms with van der Waals surface area (Å²) in [5.41, 5.74) is 3.24. The lowest BCUT2D eigenvalue weighted by atomic mass is 10.0. The Hall–Kier alpha value is -1.41. The number of benzene rings is 2. The standard InChI is InChI=1S/C26H37O2PSi/c1-6-29(7-2)25(24-18-26(28-19-24)30(3,4)5)20-27-16-10-11-21-14-15-22-12-8-9-13-23(22)17-21/h8-9,12-15,17-19,25H,6-7,10-11,16,20H2,1-5H3. The second-order valence-corrected chi connectivity index (χ2v) is 17.1. The van der Waals surface area contributed by atoms with Gasteiger partial charge in [-0.15, -0.1) is 0 Å². The first-order chi connectivity index (χ1) is 14.4. The molecule has 4 heteroatoms. The van der Waals surface area contributed by atoms with Gasteiger partial charge in [0.2, 0.25) is 0 Å². The predicted molar refractivity (Wildman–Crippen MR) is 136 cm³/mol. The summed E-state index contributed by atoms with van der Waals surface area (Å²) in [5.74, 6) is 0. The van der Waals surface area contributed by atoms with E-state index in [-0.39, 0.29) is 7.92 Å². The molecule has 1 atom stereocenters. The van der Waals surface area contributed by atoms with Gasteiger partial charge in [0.25, 0.3) is 0 Å². The summed E-state index contributed by atoms with van der Waals surface area (Å²) in [6.07, 6.45) is 6.62. The average molecular weight is 441 g/mol. The van der Waals surface area contributed by atoms with E-state index in [1.807, 2.05) is 6.26 Å². The first-order valence-electron chi connectivity index (χ1n) is 11.3. The third-order valence-electron chi connectivity index (χ3n) is 5.84. The molecule has 162 valence electrons. The molecule has 0 fully saturated rings. The molecule has 1 heterocycles. The molecule has 0 radical (unpaired) electrons. The second-order valence-electron chi connectivity index (χ2n) is 9.09. The van der Waals surface area contributed by atoms with Crippen molar-refractivity contribution >= 4 is 32.2 Å². The number of hydrogen-bond acceptors (Lipinski definition) is 2. The van der Waals surface area contributed by atoms with Gasteiger partial charge in [0.1, 0.15) is 8.07 Å². The summed E-state index contributed by atoms with van der Waals surface area (Å²) in [5, 5.41) is 3.84. The molecule has 0 aliphatic carbocycles. The maximum atomic E-state index is 6.22. The number of hydrogen-bond donors (Lipinski definition) is 0. The van der Waals surface area contributed by atoms with Gasteiger partial charge in [0.15, 0.2) is 0 Å². The minimum absolute atomic E-state index is 0.0726. The molecule has 0 aliphatic rings. The van der Waals surface area contributed by atoms with Crippen LogP contribution in [0, 0.1) is 0 Å². The van der Waals surface area contributed by atoms with Crippen LogP contribution in [0.3, 0.4) is 0 Å². The van der Waals surface area contributed by atoms with Gasteiger partial charge in [-0.25, -0.2) is 0 Å². The molecule has 0 spiro atoms. The number of rotatable bonds is 11. The Kier molecular flexibility index (Phi) is 8.33. The lowest BCUT2D eigenvalue weighted by Gasteiger charge is -2.25. The van der Waals surface area contributed by atoms with Crippen molar-refractivity contribution in [2.75, 3.05) is 25.5 Å². The summed E-state index contributed by atoms with van der Waals surface area (Å²) in [6.45, 7) is 13.3. The van der Waals surface area contributed by atoms with E-state index in [0.29, 0.717) is 5.66 Å². The van der Waals surface area contributed by atoms with Crippen molar-refractivity contribution in [2.45, 2.75) is 52.0 Å². The van der Waals surface area contributed by atoms with Crippen LogP contribution in [0.25, 0.3) is 10.8 Å². The fourth-order valence-corrected chi connectivity index (χ4v) is 7.18. The van der Waals surface area contributed by atoms with Crippen molar-refractivity contribution in [1.29, 1.82) is 0 Å². The van der Waals surface area contributed by atoms with Gasteiger partial charge in [0.05, 0.1) is 18.3 Å². The summed E-state index contributed by atoms with van der Waals surface area (Å²) in [4.78, 5) is 0. The minimum atomic E-state index is -1.41. The molecule has 3 rings (SSSR count). The van der Waals surface area contributed by atoms with E-state index < -0.39 is 8.07 Å². The van der Waals surface area contributed by atoms with Gasteiger partial charge in [0, 0.05) is 12.3 Å². The summed E-state index contributed by atoms with van der Waals surface area (Å²) in [7, 11) is -1.49. The molecule has 3 aromatic rings. The van der Waals surface area contributed by atoms with Gasteiger partial charge in [-0.3, -0.25) is 0 Å². The first kappa shape index (κ1) is 23.3. The Balaban J connectivity index is 1.55. The molecule has 0 N–H and O–H groups in total. The Labute approximate surface area is 184 Å². The van der Waals surface area contributed by atoms with Gasteiger partial charge in [-0.05, 0) is 53.1 Å². The normalized spacial score (nSPS) is 13.3.